The van der Waals surface area contributed by atoms with Crippen LogP contribution in [0.25, 0.3) is 0 Å². The third-order valence-corrected chi connectivity index (χ3v) is 2.72. The predicted molar refractivity (Wildman–Crippen MR) is 72.9 cm³/mol. The Balaban J connectivity index is 2.15. The molecule has 104 valence electrons. The lowest BCUT2D eigenvalue weighted by Gasteiger charge is -2.09. The van der Waals surface area contributed by atoms with Gasteiger partial charge in [-0.05, 0) is 23.8 Å². The SMILES string of the molecule is COc1cc(CNc2ccncc2[N+](=O)[O-])ccc1O. The van der Waals surface area contributed by atoms with Crippen LogP contribution in [0.4, 0.5) is 11.4 Å². The third-order valence-electron chi connectivity index (χ3n) is 2.72. The highest BCUT2D eigenvalue weighted by atomic mass is 16.6. The number of hydrogen-bond acceptors (Lipinski definition) is 6. The van der Waals surface area contributed by atoms with E-state index in [9.17, 15) is 15.2 Å². The van der Waals surface area contributed by atoms with Gasteiger partial charge in [-0.3, -0.25) is 15.1 Å². The van der Waals surface area contributed by atoms with Crippen molar-refractivity contribution in [2.24, 2.45) is 0 Å². The lowest BCUT2D eigenvalue weighted by molar-refractivity contribution is -0.384. The van der Waals surface area contributed by atoms with Crippen molar-refractivity contribution < 1.29 is 14.8 Å². The molecule has 7 nitrogen and oxygen atoms in total. The van der Waals surface area contributed by atoms with E-state index in [0.717, 1.165) is 5.56 Å². The summed E-state index contributed by atoms with van der Waals surface area (Å²) in [6.07, 6.45) is 2.67. The van der Waals surface area contributed by atoms with Crippen LogP contribution in [0.3, 0.4) is 0 Å². The number of anilines is 1. The fraction of sp³-hybridized carbons (Fsp3) is 0.154. The molecule has 1 aromatic carbocycles. The van der Waals surface area contributed by atoms with E-state index < -0.39 is 4.92 Å². The molecule has 0 spiro atoms. The summed E-state index contributed by atoms with van der Waals surface area (Å²) in [4.78, 5) is 14.1. The average molecular weight is 275 g/mol. The number of pyridine rings is 1. The molecule has 2 rings (SSSR count). The highest BCUT2D eigenvalue weighted by Gasteiger charge is 2.12. The molecular formula is C13H13N3O4. The summed E-state index contributed by atoms with van der Waals surface area (Å²) in [7, 11) is 1.46. The Morgan fingerprint density at radius 2 is 2.25 bits per heavy atom. The third kappa shape index (κ3) is 2.94. The Kier molecular flexibility index (Phi) is 3.99. The second kappa shape index (κ2) is 5.87. The van der Waals surface area contributed by atoms with Gasteiger partial charge in [0.1, 0.15) is 11.9 Å². The fourth-order valence-corrected chi connectivity index (χ4v) is 1.71. The molecule has 0 aliphatic rings. The summed E-state index contributed by atoms with van der Waals surface area (Å²) in [5.74, 6) is 0.402. The molecule has 0 bridgehead atoms. The van der Waals surface area contributed by atoms with Gasteiger partial charge in [-0.25, -0.2) is 0 Å². The molecule has 0 aliphatic carbocycles. The molecule has 7 heteroatoms. The predicted octanol–water partition coefficient (Wildman–Crippen LogP) is 2.32. The van der Waals surface area contributed by atoms with Gasteiger partial charge in [-0.2, -0.15) is 0 Å². The van der Waals surface area contributed by atoms with Gasteiger partial charge in [-0.1, -0.05) is 6.07 Å². The lowest BCUT2D eigenvalue weighted by atomic mass is 10.2. The maximum atomic E-state index is 10.9. The number of aromatic nitrogens is 1. The Bertz CT molecular complexity index is 631. The quantitative estimate of drug-likeness (QED) is 0.642. The van der Waals surface area contributed by atoms with E-state index in [1.165, 1.54) is 31.6 Å². The molecule has 0 saturated carbocycles. The zero-order valence-corrected chi connectivity index (χ0v) is 10.7. The number of ether oxygens (including phenoxy) is 1. The first kappa shape index (κ1) is 13.6. The van der Waals surface area contributed by atoms with Gasteiger partial charge >= 0.3 is 5.69 Å². The Labute approximate surface area is 115 Å². The van der Waals surface area contributed by atoms with E-state index >= 15 is 0 Å². The minimum absolute atomic E-state index is 0.0474. The van der Waals surface area contributed by atoms with E-state index in [1.807, 2.05) is 0 Å². The van der Waals surface area contributed by atoms with E-state index in [1.54, 1.807) is 12.1 Å². The van der Waals surface area contributed by atoms with Crippen molar-refractivity contribution in [3.8, 4) is 11.5 Å². The zero-order chi connectivity index (χ0) is 14.5. The van der Waals surface area contributed by atoms with E-state index in [4.69, 9.17) is 4.74 Å². The summed E-state index contributed by atoms with van der Waals surface area (Å²) in [6, 6.07) is 6.42. The van der Waals surface area contributed by atoms with E-state index in [2.05, 4.69) is 10.3 Å². The summed E-state index contributed by atoms with van der Waals surface area (Å²) in [5.41, 5.74) is 1.13. The van der Waals surface area contributed by atoms with Crippen LogP contribution in [-0.2, 0) is 6.54 Å². The number of nitro groups is 1. The molecule has 0 atom stereocenters. The van der Waals surface area contributed by atoms with Crippen LogP contribution in [0.5, 0.6) is 11.5 Å². The number of methoxy groups -OCH3 is 1. The Morgan fingerprint density at radius 3 is 2.95 bits per heavy atom. The van der Waals surface area contributed by atoms with Crippen LogP contribution in [0.1, 0.15) is 5.56 Å². The number of phenolic OH excluding ortho intramolecular Hbond substituents is 1. The van der Waals surface area contributed by atoms with Gasteiger partial charge in [0, 0.05) is 12.7 Å². The molecule has 1 heterocycles. The van der Waals surface area contributed by atoms with Crippen LogP contribution in [0, 0.1) is 10.1 Å². The van der Waals surface area contributed by atoms with Crippen molar-refractivity contribution >= 4 is 11.4 Å². The number of rotatable bonds is 5. The zero-order valence-electron chi connectivity index (χ0n) is 10.7. The molecule has 2 N–H and O–H groups in total. The topological polar surface area (TPSA) is 97.5 Å². The van der Waals surface area contributed by atoms with Crippen molar-refractivity contribution in [3.05, 3.63) is 52.3 Å². The summed E-state index contributed by atoms with van der Waals surface area (Å²) >= 11 is 0. The monoisotopic (exact) mass is 275 g/mol. The van der Waals surface area contributed by atoms with Crippen molar-refractivity contribution in [1.29, 1.82) is 0 Å². The van der Waals surface area contributed by atoms with Gasteiger partial charge in [0.2, 0.25) is 0 Å². The number of benzene rings is 1. The normalized spacial score (nSPS) is 10.1. The first-order valence-corrected chi connectivity index (χ1v) is 5.80. The largest absolute Gasteiger partial charge is 0.504 e. The average Bonchev–Trinajstić information content (AvgIpc) is 2.46. The van der Waals surface area contributed by atoms with Crippen molar-refractivity contribution in [1.82, 2.24) is 4.98 Å². The lowest BCUT2D eigenvalue weighted by Crippen LogP contribution is -2.03. The molecule has 0 aliphatic heterocycles. The Morgan fingerprint density at radius 1 is 1.45 bits per heavy atom. The number of aromatic hydroxyl groups is 1. The van der Waals surface area contributed by atoms with E-state index in [0.29, 0.717) is 18.0 Å². The van der Waals surface area contributed by atoms with Crippen LogP contribution < -0.4 is 10.1 Å². The second-order valence-corrected chi connectivity index (χ2v) is 4.01. The highest BCUT2D eigenvalue weighted by Crippen LogP contribution is 2.27. The summed E-state index contributed by atoms with van der Waals surface area (Å²) < 4.78 is 5.00. The smallest absolute Gasteiger partial charge is 0.310 e. The first-order chi connectivity index (χ1) is 9.61. The molecule has 20 heavy (non-hydrogen) atoms. The van der Waals surface area contributed by atoms with Gasteiger partial charge in [0.15, 0.2) is 11.5 Å². The molecule has 0 fully saturated rings. The molecule has 1 aromatic heterocycles. The van der Waals surface area contributed by atoms with Crippen LogP contribution >= 0.6 is 0 Å². The van der Waals surface area contributed by atoms with Gasteiger partial charge < -0.3 is 15.2 Å². The number of hydrogen-bond donors (Lipinski definition) is 2. The number of nitrogens with zero attached hydrogens (tertiary/aromatic N) is 2. The molecule has 0 unspecified atom stereocenters. The highest BCUT2D eigenvalue weighted by molar-refractivity contribution is 5.59. The van der Waals surface area contributed by atoms with Crippen molar-refractivity contribution in [2.75, 3.05) is 12.4 Å². The molecule has 0 radical (unpaired) electrons. The van der Waals surface area contributed by atoms with Gasteiger partial charge in [0.05, 0.1) is 12.0 Å². The van der Waals surface area contributed by atoms with Crippen LogP contribution in [0.2, 0.25) is 0 Å². The first-order valence-electron chi connectivity index (χ1n) is 5.80. The van der Waals surface area contributed by atoms with Crippen molar-refractivity contribution in [2.45, 2.75) is 6.54 Å². The van der Waals surface area contributed by atoms with Crippen LogP contribution in [-0.4, -0.2) is 22.1 Å². The molecule has 2 aromatic rings. The number of phenols is 1. The molecular weight excluding hydrogens is 262 g/mol. The fourth-order valence-electron chi connectivity index (χ4n) is 1.71. The summed E-state index contributed by atoms with van der Waals surface area (Å²) in [6.45, 7) is 0.363. The number of nitrogens with one attached hydrogen (secondary N) is 1. The Hall–Kier alpha value is -2.83. The van der Waals surface area contributed by atoms with Gasteiger partial charge in [0.25, 0.3) is 0 Å². The second-order valence-electron chi connectivity index (χ2n) is 4.01. The van der Waals surface area contributed by atoms with Crippen molar-refractivity contribution in [3.63, 3.8) is 0 Å². The standard InChI is InChI=1S/C13H13N3O4/c1-20-13-6-9(2-3-12(13)17)7-15-10-4-5-14-8-11(10)16(18)19/h2-6,8,17H,7H2,1H3,(H,14,15). The maximum Gasteiger partial charge on any atom is 0.310 e. The van der Waals surface area contributed by atoms with Gasteiger partial charge in [-0.15, -0.1) is 0 Å². The van der Waals surface area contributed by atoms with Crippen LogP contribution in [0.15, 0.2) is 36.7 Å². The molecule has 0 saturated heterocycles. The molecule has 0 amide bonds. The maximum absolute atomic E-state index is 10.9. The summed E-state index contributed by atoms with van der Waals surface area (Å²) in [5, 5.41) is 23.3. The minimum Gasteiger partial charge on any atom is -0.504 e. The minimum atomic E-state index is -0.493. The van der Waals surface area contributed by atoms with E-state index in [-0.39, 0.29) is 11.4 Å².